The summed E-state index contributed by atoms with van der Waals surface area (Å²) >= 11 is 0. The van der Waals surface area contributed by atoms with Crippen molar-refractivity contribution in [3.05, 3.63) is 35.4 Å². The fraction of sp³-hybridized carbons (Fsp3) is 0.500. The summed E-state index contributed by atoms with van der Waals surface area (Å²) in [5.74, 6) is -1.48. The van der Waals surface area contributed by atoms with Gasteiger partial charge in [-0.1, -0.05) is 38.1 Å². The molecule has 0 fully saturated rings. The monoisotopic (exact) mass is 289 g/mol. The SMILES string of the molecule is CC(C)[C@H](NC(=O)N[C@@H]1CCCc2ccccc21)C(=O)[O-]. The van der Waals surface area contributed by atoms with E-state index in [1.807, 2.05) is 18.2 Å². The summed E-state index contributed by atoms with van der Waals surface area (Å²) in [5, 5.41) is 16.4. The van der Waals surface area contributed by atoms with Crippen LogP contribution >= 0.6 is 0 Å². The summed E-state index contributed by atoms with van der Waals surface area (Å²) in [6.07, 6.45) is 2.89. The molecular formula is C16H21N2O3-. The quantitative estimate of drug-likeness (QED) is 0.872. The number of fused-ring (bicyclic) bond motifs is 1. The van der Waals surface area contributed by atoms with Crippen molar-refractivity contribution in [2.75, 3.05) is 0 Å². The van der Waals surface area contributed by atoms with E-state index in [9.17, 15) is 14.7 Å². The van der Waals surface area contributed by atoms with E-state index in [0.29, 0.717) is 0 Å². The Balaban J connectivity index is 2.02. The zero-order valence-corrected chi connectivity index (χ0v) is 12.4. The molecule has 5 nitrogen and oxygen atoms in total. The molecule has 114 valence electrons. The molecule has 0 unspecified atom stereocenters. The molecule has 2 amide bonds. The van der Waals surface area contributed by atoms with Crippen molar-refractivity contribution in [1.29, 1.82) is 0 Å². The highest BCUT2D eigenvalue weighted by molar-refractivity contribution is 5.82. The molecule has 21 heavy (non-hydrogen) atoms. The third kappa shape index (κ3) is 3.74. The van der Waals surface area contributed by atoms with Crippen LogP contribution in [0.5, 0.6) is 0 Å². The van der Waals surface area contributed by atoms with Gasteiger partial charge in [0.25, 0.3) is 0 Å². The van der Waals surface area contributed by atoms with Crippen LogP contribution in [0.4, 0.5) is 4.79 Å². The first kappa shape index (κ1) is 15.4. The van der Waals surface area contributed by atoms with E-state index in [0.717, 1.165) is 24.8 Å². The van der Waals surface area contributed by atoms with Gasteiger partial charge in [-0.25, -0.2) is 4.79 Å². The molecule has 1 aliphatic rings. The molecule has 2 rings (SSSR count). The van der Waals surface area contributed by atoms with Crippen molar-refractivity contribution < 1.29 is 14.7 Å². The maximum Gasteiger partial charge on any atom is 0.315 e. The number of carbonyl (C=O) groups excluding carboxylic acids is 2. The van der Waals surface area contributed by atoms with Gasteiger partial charge in [0.1, 0.15) is 0 Å². The molecule has 0 saturated heterocycles. The van der Waals surface area contributed by atoms with Gasteiger partial charge in [-0.05, 0) is 36.3 Å². The lowest BCUT2D eigenvalue weighted by atomic mass is 9.88. The minimum absolute atomic E-state index is 0.0653. The van der Waals surface area contributed by atoms with Crippen LogP contribution in [0.1, 0.15) is 43.9 Å². The lowest BCUT2D eigenvalue weighted by molar-refractivity contribution is -0.309. The highest BCUT2D eigenvalue weighted by Gasteiger charge is 2.23. The van der Waals surface area contributed by atoms with Crippen molar-refractivity contribution in [1.82, 2.24) is 10.6 Å². The summed E-state index contributed by atoms with van der Waals surface area (Å²) in [6.45, 7) is 3.47. The lowest BCUT2D eigenvalue weighted by Gasteiger charge is -2.29. The molecule has 0 radical (unpaired) electrons. The first-order valence-electron chi connectivity index (χ1n) is 7.34. The minimum atomic E-state index is -1.26. The minimum Gasteiger partial charge on any atom is -0.548 e. The number of urea groups is 1. The fourth-order valence-corrected chi connectivity index (χ4v) is 2.74. The number of carbonyl (C=O) groups is 2. The van der Waals surface area contributed by atoms with Crippen molar-refractivity contribution in [3.63, 3.8) is 0 Å². The van der Waals surface area contributed by atoms with Gasteiger partial charge in [-0.3, -0.25) is 0 Å². The van der Waals surface area contributed by atoms with Crippen LogP contribution in [0.3, 0.4) is 0 Å². The predicted molar refractivity (Wildman–Crippen MR) is 77.4 cm³/mol. The van der Waals surface area contributed by atoms with E-state index in [1.165, 1.54) is 5.56 Å². The maximum atomic E-state index is 12.0. The molecule has 0 aromatic heterocycles. The smallest absolute Gasteiger partial charge is 0.315 e. The number of aryl methyl sites for hydroxylation is 1. The molecule has 2 atom stereocenters. The van der Waals surface area contributed by atoms with E-state index in [2.05, 4.69) is 16.7 Å². The summed E-state index contributed by atoms with van der Waals surface area (Å²) in [6, 6.07) is 6.52. The molecule has 0 heterocycles. The van der Waals surface area contributed by atoms with Crippen molar-refractivity contribution >= 4 is 12.0 Å². The molecule has 0 aliphatic heterocycles. The Morgan fingerprint density at radius 2 is 2.00 bits per heavy atom. The van der Waals surface area contributed by atoms with Crippen LogP contribution in [-0.2, 0) is 11.2 Å². The second-order valence-electron chi connectivity index (χ2n) is 5.80. The Labute approximate surface area is 124 Å². The van der Waals surface area contributed by atoms with Gasteiger partial charge in [0, 0.05) is 0 Å². The fourth-order valence-electron chi connectivity index (χ4n) is 2.74. The second kappa shape index (κ2) is 6.61. The first-order chi connectivity index (χ1) is 9.99. The molecule has 2 N–H and O–H groups in total. The van der Waals surface area contributed by atoms with Crippen LogP contribution in [0.25, 0.3) is 0 Å². The largest absolute Gasteiger partial charge is 0.548 e. The van der Waals surface area contributed by atoms with E-state index >= 15 is 0 Å². The number of amides is 2. The van der Waals surface area contributed by atoms with Gasteiger partial charge in [-0.2, -0.15) is 0 Å². The van der Waals surface area contributed by atoms with Gasteiger partial charge in [0.2, 0.25) is 0 Å². The van der Waals surface area contributed by atoms with Gasteiger partial charge in [-0.15, -0.1) is 0 Å². The first-order valence-corrected chi connectivity index (χ1v) is 7.34. The third-order valence-electron chi connectivity index (χ3n) is 3.88. The standard InChI is InChI=1S/C16H22N2O3/c1-10(2)14(15(19)20)18-16(21)17-13-9-5-7-11-6-3-4-8-12(11)13/h3-4,6,8,10,13-14H,5,7,9H2,1-2H3,(H,19,20)(H2,17,18,21)/p-1/t13-,14+/m1/s1. The number of hydrogen-bond donors (Lipinski definition) is 2. The van der Waals surface area contributed by atoms with E-state index in [4.69, 9.17) is 0 Å². The van der Waals surface area contributed by atoms with Gasteiger partial charge in [0.15, 0.2) is 0 Å². The highest BCUT2D eigenvalue weighted by atomic mass is 16.4. The average Bonchev–Trinajstić information content (AvgIpc) is 2.44. The van der Waals surface area contributed by atoms with Crippen LogP contribution in [-0.4, -0.2) is 18.0 Å². The summed E-state index contributed by atoms with van der Waals surface area (Å²) in [7, 11) is 0. The van der Waals surface area contributed by atoms with Crippen molar-refractivity contribution in [2.45, 2.75) is 45.2 Å². The van der Waals surface area contributed by atoms with Gasteiger partial charge < -0.3 is 20.5 Å². The van der Waals surface area contributed by atoms with Crippen LogP contribution < -0.4 is 15.7 Å². The number of benzene rings is 1. The van der Waals surface area contributed by atoms with Crippen molar-refractivity contribution in [2.24, 2.45) is 5.92 Å². The normalized spacial score (nSPS) is 18.7. The van der Waals surface area contributed by atoms with E-state index < -0.39 is 18.0 Å². The topological polar surface area (TPSA) is 81.3 Å². The molecule has 0 saturated carbocycles. The van der Waals surface area contributed by atoms with E-state index in [-0.39, 0.29) is 12.0 Å². The number of hydrogen-bond acceptors (Lipinski definition) is 3. The van der Waals surface area contributed by atoms with E-state index in [1.54, 1.807) is 13.8 Å². The van der Waals surface area contributed by atoms with Crippen LogP contribution in [0.2, 0.25) is 0 Å². The summed E-state index contributed by atoms with van der Waals surface area (Å²) < 4.78 is 0. The molecule has 5 heteroatoms. The Bertz CT molecular complexity index is 528. The van der Waals surface area contributed by atoms with Gasteiger partial charge >= 0.3 is 6.03 Å². The van der Waals surface area contributed by atoms with Gasteiger partial charge in [0.05, 0.1) is 18.1 Å². The number of nitrogens with one attached hydrogen (secondary N) is 2. The van der Waals surface area contributed by atoms with Crippen LogP contribution in [0.15, 0.2) is 24.3 Å². The average molecular weight is 289 g/mol. The molecular weight excluding hydrogens is 268 g/mol. The molecule has 1 aliphatic carbocycles. The molecule has 0 spiro atoms. The molecule has 1 aromatic carbocycles. The zero-order valence-electron chi connectivity index (χ0n) is 12.4. The second-order valence-corrected chi connectivity index (χ2v) is 5.80. The van der Waals surface area contributed by atoms with Crippen molar-refractivity contribution in [3.8, 4) is 0 Å². The Kier molecular flexibility index (Phi) is 4.83. The highest BCUT2D eigenvalue weighted by Crippen LogP contribution is 2.29. The zero-order chi connectivity index (χ0) is 15.4. The number of carboxylic acid groups (broad SMARTS) is 1. The molecule has 0 bridgehead atoms. The predicted octanol–water partition coefficient (Wildman–Crippen LogP) is 1.14. The number of aliphatic carboxylic acids is 1. The Morgan fingerprint density at radius 1 is 1.29 bits per heavy atom. The summed E-state index contributed by atoms with van der Waals surface area (Å²) in [5.41, 5.74) is 2.36. The number of rotatable bonds is 4. The Morgan fingerprint density at radius 3 is 2.67 bits per heavy atom. The molecule has 1 aromatic rings. The van der Waals surface area contributed by atoms with Crippen LogP contribution in [0, 0.1) is 5.92 Å². The Hall–Kier alpha value is -2.04. The third-order valence-corrected chi connectivity index (χ3v) is 3.88. The summed E-state index contributed by atoms with van der Waals surface area (Å²) in [4.78, 5) is 23.0. The lowest BCUT2D eigenvalue weighted by Crippen LogP contribution is -2.54. The maximum absolute atomic E-state index is 12.0. The number of carboxylic acids is 1.